The molecule has 11 heteroatoms. The van der Waals surface area contributed by atoms with Gasteiger partial charge in [-0.25, -0.2) is 8.78 Å². The van der Waals surface area contributed by atoms with Gasteiger partial charge in [0, 0.05) is 24.1 Å². The van der Waals surface area contributed by atoms with Gasteiger partial charge in [0.2, 0.25) is 5.92 Å². The summed E-state index contributed by atoms with van der Waals surface area (Å²) in [6, 6.07) is 5.83. The number of amides is 1. The van der Waals surface area contributed by atoms with Crippen molar-refractivity contribution in [3.05, 3.63) is 63.4 Å². The van der Waals surface area contributed by atoms with Crippen molar-refractivity contribution in [1.29, 1.82) is 0 Å². The first-order valence-corrected chi connectivity index (χ1v) is 9.96. The predicted octanol–water partition coefficient (Wildman–Crippen LogP) is 5.82. The van der Waals surface area contributed by atoms with Crippen molar-refractivity contribution >= 4 is 29.1 Å². The Labute approximate surface area is 184 Å². The number of hydrogen-bond acceptors (Lipinski definition) is 3. The van der Waals surface area contributed by atoms with E-state index < -0.39 is 58.8 Å². The molecule has 1 aromatic carbocycles. The highest BCUT2D eigenvalue weighted by atomic mass is 35.5. The first-order chi connectivity index (χ1) is 14.3. The minimum atomic E-state index is -4.88. The lowest BCUT2D eigenvalue weighted by Gasteiger charge is -2.42. The standard InChI is InChI=1S/C20H17Cl2F5N2O2/c21-12-3-1-2-11(10-12)15(18(31)5-7-19(23,24)8-6-18)29-17(30)13-4-9-28-16(14(13)22)20(25,26)27/h1-4,9-10,15,31H,5-8H2,(H,29,30). The average Bonchev–Trinajstić information content (AvgIpc) is 2.67. The van der Waals surface area contributed by atoms with Gasteiger partial charge in [-0.1, -0.05) is 35.3 Å². The van der Waals surface area contributed by atoms with Crippen LogP contribution in [0.5, 0.6) is 0 Å². The molecule has 2 aromatic rings. The number of rotatable bonds is 4. The van der Waals surface area contributed by atoms with Gasteiger partial charge in [-0.05, 0) is 36.6 Å². The van der Waals surface area contributed by atoms with Gasteiger partial charge in [0.1, 0.15) is 0 Å². The smallest absolute Gasteiger partial charge is 0.387 e. The molecule has 31 heavy (non-hydrogen) atoms. The zero-order chi connectivity index (χ0) is 23.0. The molecule has 0 saturated heterocycles. The Morgan fingerprint density at radius 2 is 1.77 bits per heavy atom. The fourth-order valence-electron chi connectivity index (χ4n) is 3.58. The van der Waals surface area contributed by atoms with Gasteiger partial charge < -0.3 is 10.4 Å². The van der Waals surface area contributed by atoms with Crippen molar-refractivity contribution in [2.45, 2.75) is 49.4 Å². The van der Waals surface area contributed by atoms with E-state index >= 15 is 0 Å². The molecule has 4 nitrogen and oxygen atoms in total. The fraction of sp³-hybridized carbons (Fsp3) is 0.400. The molecule has 0 aliphatic heterocycles. The lowest BCUT2D eigenvalue weighted by molar-refractivity contribution is -0.141. The maximum Gasteiger partial charge on any atom is 0.434 e. The summed E-state index contributed by atoms with van der Waals surface area (Å²) in [5, 5.41) is 13.0. The molecule has 1 aliphatic carbocycles. The molecule has 1 heterocycles. The second kappa shape index (κ2) is 8.52. The Morgan fingerprint density at radius 1 is 1.13 bits per heavy atom. The number of nitrogens with one attached hydrogen (secondary N) is 1. The first kappa shape index (κ1) is 23.7. The first-order valence-electron chi connectivity index (χ1n) is 9.21. The summed E-state index contributed by atoms with van der Waals surface area (Å²) in [4.78, 5) is 16.0. The lowest BCUT2D eigenvalue weighted by Crippen LogP contribution is -2.50. The van der Waals surface area contributed by atoms with Gasteiger partial charge in [0.25, 0.3) is 5.91 Å². The molecule has 2 N–H and O–H groups in total. The zero-order valence-electron chi connectivity index (χ0n) is 15.8. The largest absolute Gasteiger partial charge is 0.434 e. The van der Waals surface area contributed by atoms with Crippen molar-refractivity contribution in [1.82, 2.24) is 10.3 Å². The van der Waals surface area contributed by atoms with Crippen LogP contribution in [0.25, 0.3) is 0 Å². The number of carbonyl (C=O) groups is 1. The van der Waals surface area contributed by atoms with Gasteiger partial charge in [0.15, 0.2) is 5.69 Å². The van der Waals surface area contributed by atoms with Gasteiger partial charge in [-0.2, -0.15) is 13.2 Å². The number of carbonyl (C=O) groups excluding carboxylic acids is 1. The van der Waals surface area contributed by atoms with Crippen LogP contribution in [-0.4, -0.2) is 27.5 Å². The third-order valence-corrected chi connectivity index (χ3v) is 5.86. The summed E-state index contributed by atoms with van der Waals surface area (Å²) in [7, 11) is 0. The summed E-state index contributed by atoms with van der Waals surface area (Å²) in [6.07, 6.45) is -5.99. The van der Waals surface area contributed by atoms with Gasteiger partial charge in [0.05, 0.1) is 22.2 Å². The van der Waals surface area contributed by atoms with Crippen molar-refractivity contribution < 1.29 is 31.9 Å². The maximum absolute atomic E-state index is 13.7. The van der Waals surface area contributed by atoms with Gasteiger partial charge >= 0.3 is 6.18 Å². The van der Waals surface area contributed by atoms with Gasteiger partial charge in [-0.3, -0.25) is 9.78 Å². The summed E-state index contributed by atoms with van der Waals surface area (Å²) < 4.78 is 66.6. The normalized spacial score (nSPS) is 19.0. The highest BCUT2D eigenvalue weighted by molar-refractivity contribution is 6.34. The Balaban J connectivity index is 1.97. The van der Waals surface area contributed by atoms with Crippen molar-refractivity contribution in [2.24, 2.45) is 0 Å². The summed E-state index contributed by atoms with van der Waals surface area (Å²) in [5.41, 5.74) is -3.40. The van der Waals surface area contributed by atoms with E-state index in [1.54, 1.807) is 12.1 Å². The SMILES string of the molecule is O=C(NC(c1cccc(Cl)c1)C1(O)CCC(F)(F)CC1)c1ccnc(C(F)(F)F)c1Cl. The van der Waals surface area contributed by atoms with Crippen LogP contribution < -0.4 is 5.32 Å². The monoisotopic (exact) mass is 482 g/mol. The summed E-state index contributed by atoms with van der Waals surface area (Å²) >= 11 is 11.8. The third-order valence-electron chi connectivity index (χ3n) is 5.24. The Morgan fingerprint density at radius 3 is 2.35 bits per heavy atom. The van der Waals surface area contributed by atoms with E-state index in [1.807, 2.05) is 0 Å². The molecular weight excluding hydrogens is 466 g/mol. The van der Waals surface area contributed by atoms with Crippen LogP contribution >= 0.6 is 23.2 Å². The molecule has 1 atom stereocenters. The molecule has 0 bridgehead atoms. The quantitative estimate of drug-likeness (QED) is 0.539. The third kappa shape index (κ3) is 5.27. The molecule has 1 amide bonds. The number of aliphatic hydroxyl groups is 1. The highest BCUT2D eigenvalue weighted by Gasteiger charge is 2.48. The molecule has 1 aromatic heterocycles. The van der Waals surface area contributed by atoms with Crippen LogP contribution in [0.15, 0.2) is 36.5 Å². The molecule has 1 saturated carbocycles. The van der Waals surface area contributed by atoms with Crippen LogP contribution in [0.2, 0.25) is 10.0 Å². The Kier molecular flexibility index (Phi) is 6.51. The van der Waals surface area contributed by atoms with E-state index in [0.717, 1.165) is 12.3 Å². The molecule has 0 radical (unpaired) electrons. The Bertz CT molecular complexity index is 974. The zero-order valence-corrected chi connectivity index (χ0v) is 17.3. The van der Waals surface area contributed by atoms with Crippen LogP contribution in [0, 0.1) is 0 Å². The number of nitrogens with zero attached hydrogens (tertiary/aromatic N) is 1. The minimum absolute atomic E-state index is 0.266. The van der Waals surface area contributed by atoms with Crippen molar-refractivity contribution in [3.8, 4) is 0 Å². The lowest BCUT2D eigenvalue weighted by atomic mass is 9.75. The average molecular weight is 483 g/mol. The maximum atomic E-state index is 13.7. The topological polar surface area (TPSA) is 62.2 Å². The number of aromatic nitrogens is 1. The number of benzene rings is 1. The van der Waals surface area contributed by atoms with Crippen LogP contribution in [-0.2, 0) is 6.18 Å². The van der Waals surface area contributed by atoms with E-state index in [1.165, 1.54) is 12.1 Å². The molecular formula is C20H17Cl2F5N2O2. The molecule has 0 spiro atoms. The summed E-state index contributed by atoms with van der Waals surface area (Å²) in [5.74, 6) is -3.97. The van der Waals surface area contributed by atoms with Crippen molar-refractivity contribution in [3.63, 3.8) is 0 Å². The van der Waals surface area contributed by atoms with Crippen LogP contribution in [0.4, 0.5) is 22.0 Å². The van der Waals surface area contributed by atoms with E-state index in [0.29, 0.717) is 5.56 Å². The van der Waals surface area contributed by atoms with Crippen LogP contribution in [0.1, 0.15) is 53.3 Å². The molecule has 1 aliphatic rings. The minimum Gasteiger partial charge on any atom is -0.387 e. The number of alkyl halides is 5. The van der Waals surface area contributed by atoms with Crippen molar-refractivity contribution in [2.75, 3.05) is 0 Å². The highest BCUT2D eigenvalue weighted by Crippen LogP contribution is 2.45. The second-order valence-corrected chi connectivity index (χ2v) is 8.25. The molecule has 168 valence electrons. The van der Waals surface area contributed by atoms with Crippen LogP contribution in [0.3, 0.4) is 0 Å². The molecule has 1 fully saturated rings. The number of hydrogen-bond donors (Lipinski definition) is 2. The van der Waals surface area contributed by atoms with Gasteiger partial charge in [-0.15, -0.1) is 0 Å². The van der Waals surface area contributed by atoms with E-state index in [9.17, 15) is 31.9 Å². The Hall–Kier alpha value is -1.97. The van der Waals surface area contributed by atoms with E-state index in [2.05, 4.69) is 10.3 Å². The molecule has 1 unspecified atom stereocenters. The number of halogens is 7. The summed E-state index contributed by atoms with van der Waals surface area (Å²) in [6.45, 7) is 0. The number of pyridine rings is 1. The predicted molar refractivity (Wildman–Crippen MR) is 104 cm³/mol. The van der Waals surface area contributed by atoms with E-state index in [-0.39, 0.29) is 17.9 Å². The second-order valence-electron chi connectivity index (χ2n) is 7.44. The van der Waals surface area contributed by atoms with E-state index in [4.69, 9.17) is 23.2 Å². The molecule has 3 rings (SSSR count). The fourth-order valence-corrected chi connectivity index (χ4v) is 4.08.